The van der Waals surface area contributed by atoms with Gasteiger partial charge in [0.25, 0.3) is 5.56 Å². The van der Waals surface area contributed by atoms with Gasteiger partial charge in [-0.15, -0.1) is 5.10 Å². The van der Waals surface area contributed by atoms with E-state index in [2.05, 4.69) is 57.5 Å². The van der Waals surface area contributed by atoms with E-state index in [9.17, 15) is 4.79 Å². The lowest BCUT2D eigenvalue weighted by Crippen LogP contribution is -2.35. The number of hydrogen-bond acceptors (Lipinski definition) is 6. The minimum Gasteiger partial charge on any atom is -0.376 e. The summed E-state index contributed by atoms with van der Waals surface area (Å²) in [4.78, 5) is 18.5. The fraction of sp³-hybridized carbons (Fsp3) is 0.583. The zero-order valence-corrected chi connectivity index (χ0v) is 19.0. The van der Waals surface area contributed by atoms with E-state index in [0.29, 0.717) is 25.7 Å². The number of aromatic amines is 1. The van der Waals surface area contributed by atoms with Crippen molar-refractivity contribution in [2.75, 3.05) is 6.61 Å². The van der Waals surface area contributed by atoms with Crippen LogP contribution in [0.4, 0.5) is 0 Å². The zero-order chi connectivity index (χ0) is 22.1. The van der Waals surface area contributed by atoms with Crippen molar-refractivity contribution in [2.24, 2.45) is 0 Å². The van der Waals surface area contributed by atoms with Crippen molar-refractivity contribution in [2.45, 2.75) is 84.2 Å². The molecule has 0 unspecified atom stereocenters. The number of aryl methyl sites for hydroxylation is 2. The Morgan fingerprint density at radius 2 is 2.00 bits per heavy atom. The van der Waals surface area contributed by atoms with Gasteiger partial charge in [0.1, 0.15) is 0 Å². The van der Waals surface area contributed by atoms with Crippen molar-refractivity contribution in [3.05, 3.63) is 51.1 Å². The first-order valence-corrected chi connectivity index (χ1v) is 11.8. The molecule has 1 saturated heterocycles. The molecule has 3 aromatic rings. The van der Waals surface area contributed by atoms with Gasteiger partial charge in [0.15, 0.2) is 5.82 Å². The third-order valence-electron chi connectivity index (χ3n) is 7.19. The second-order valence-corrected chi connectivity index (χ2v) is 9.35. The van der Waals surface area contributed by atoms with E-state index in [4.69, 9.17) is 4.74 Å². The molecule has 0 radical (unpaired) electrons. The second-order valence-electron chi connectivity index (χ2n) is 9.35. The number of hydrogen-bond donors (Lipinski definition) is 1. The van der Waals surface area contributed by atoms with Gasteiger partial charge in [0.05, 0.1) is 24.7 Å². The summed E-state index contributed by atoms with van der Waals surface area (Å²) in [6, 6.07) is 6.71. The van der Waals surface area contributed by atoms with Gasteiger partial charge in [0, 0.05) is 24.8 Å². The lowest BCUT2D eigenvalue weighted by atomic mass is 10.0. The van der Waals surface area contributed by atoms with Gasteiger partial charge in [-0.3, -0.25) is 9.69 Å². The SMILES string of the molecule is Cc1ccc2cc(CN(Cc3nnnn3C[C@@H]3CCCO3)C3CCCC3)c(=O)[nH]c2c1C. The second kappa shape index (κ2) is 9.11. The summed E-state index contributed by atoms with van der Waals surface area (Å²) in [5.41, 5.74) is 4.05. The van der Waals surface area contributed by atoms with Gasteiger partial charge >= 0.3 is 0 Å². The summed E-state index contributed by atoms with van der Waals surface area (Å²) >= 11 is 0. The Morgan fingerprint density at radius 3 is 2.78 bits per heavy atom. The van der Waals surface area contributed by atoms with E-state index in [1.807, 2.05) is 4.68 Å². The van der Waals surface area contributed by atoms with E-state index >= 15 is 0 Å². The third kappa shape index (κ3) is 4.34. The van der Waals surface area contributed by atoms with Crippen LogP contribution in [0.25, 0.3) is 10.9 Å². The molecule has 0 spiro atoms. The summed E-state index contributed by atoms with van der Waals surface area (Å²) < 4.78 is 7.66. The van der Waals surface area contributed by atoms with Crippen LogP contribution in [0, 0.1) is 13.8 Å². The fourth-order valence-corrected chi connectivity index (χ4v) is 5.13. The maximum Gasteiger partial charge on any atom is 0.252 e. The number of rotatable bonds is 7. The summed E-state index contributed by atoms with van der Waals surface area (Å²) in [7, 11) is 0. The molecular formula is C24H32N6O2. The van der Waals surface area contributed by atoms with E-state index < -0.39 is 0 Å². The molecule has 8 nitrogen and oxygen atoms in total. The van der Waals surface area contributed by atoms with Crippen LogP contribution in [0.15, 0.2) is 23.0 Å². The van der Waals surface area contributed by atoms with Gasteiger partial charge in [0.2, 0.25) is 0 Å². The standard InChI is InChI=1S/C24H32N6O2/c1-16-9-10-18-12-19(24(31)25-23(18)17(16)2)13-29(20-6-3-4-7-20)15-22-26-27-28-30(22)14-21-8-5-11-32-21/h9-10,12,20-21H,3-8,11,13-15H2,1-2H3,(H,25,31)/t21-/m0/s1. The average molecular weight is 437 g/mol. The molecule has 0 amide bonds. The van der Waals surface area contributed by atoms with Crippen LogP contribution in [-0.2, 0) is 24.4 Å². The zero-order valence-electron chi connectivity index (χ0n) is 19.0. The van der Waals surface area contributed by atoms with Crippen molar-refractivity contribution < 1.29 is 4.74 Å². The van der Waals surface area contributed by atoms with Crippen LogP contribution in [0.3, 0.4) is 0 Å². The molecule has 0 bridgehead atoms. The monoisotopic (exact) mass is 436 g/mol. The smallest absolute Gasteiger partial charge is 0.252 e. The topological polar surface area (TPSA) is 88.9 Å². The van der Waals surface area contributed by atoms with Crippen molar-refractivity contribution in [3.8, 4) is 0 Å². The lowest BCUT2D eigenvalue weighted by molar-refractivity contribution is 0.0906. The number of tetrazole rings is 1. The molecule has 5 rings (SSSR count). The van der Waals surface area contributed by atoms with Crippen molar-refractivity contribution in [1.82, 2.24) is 30.1 Å². The van der Waals surface area contributed by atoms with Gasteiger partial charge in [-0.1, -0.05) is 25.0 Å². The van der Waals surface area contributed by atoms with E-state index in [1.165, 1.54) is 18.4 Å². The number of aromatic nitrogens is 5. The minimum absolute atomic E-state index is 0.00635. The first kappa shape index (κ1) is 21.3. The molecule has 1 aromatic carbocycles. The van der Waals surface area contributed by atoms with Crippen molar-refractivity contribution in [1.29, 1.82) is 0 Å². The molecule has 1 aliphatic carbocycles. The van der Waals surface area contributed by atoms with Crippen LogP contribution in [-0.4, -0.2) is 48.8 Å². The quantitative estimate of drug-likeness (QED) is 0.612. The average Bonchev–Trinajstić information content (AvgIpc) is 3.56. The van der Waals surface area contributed by atoms with Crippen LogP contribution < -0.4 is 5.56 Å². The number of pyridine rings is 1. The van der Waals surface area contributed by atoms with Crippen LogP contribution in [0.2, 0.25) is 0 Å². The van der Waals surface area contributed by atoms with Crippen LogP contribution in [0.5, 0.6) is 0 Å². The molecular weight excluding hydrogens is 404 g/mol. The molecule has 170 valence electrons. The Balaban J connectivity index is 1.41. The van der Waals surface area contributed by atoms with Crippen LogP contribution in [0.1, 0.15) is 61.0 Å². The highest BCUT2D eigenvalue weighted by molar-refractivity contribution is 5.83. The van der Waals surface area contributed by atoms with Gasteiger partial charge in [-0.25, -0.2) is 4.68 Å². The lowest BCUT2D eigenvalue weighted by Gasteiger charge is -2.28. The Hall–Kier alpha value is -2.58. The first-order valence-electron chi connectivity index (χ1n) is 11.8. The minimum atomic E-state index is -0.00635. The van der Waals surface area contributed by atoms with Gasteiger partial charge < -0.3 is 9.72 Å². The van der Waals surface area contributed by atoms with Gasteiger partial charge in [-0.05, 0) is 72.5 Å². The fourth-order valence-electron chi connectivity index (χ4n) is 5.13. The number of benzene rings is 1. The number of nitrogens with one attached hydrogen (secondary N) is 1. The maximum atomic E-state index is 13.0. The number of ether oxygens (including phenoxy) is 1. The maximum absolute atomic E-state index is 13.0. The van der Waals surface area contributed by atoms with E-state index in [1.54, 1.807) is 0 Å². The molecule has 1 atom stereocenters. The van der Waals surface area contributed by atoms with Gasteiger partial charge in [-0.2, -0.15) is 0 Å². The molecule has 2 fully saturated rings. The summed E-state index contributed by atoms with van der Waals surface area (Å²) in [5.74, 6) is 0.844. The normalized spacial score (nSPS) is 19.5. The molecule has 1 saturated carbocycles. The molecule has 8 heteroatoms. The Labute approximate surface area is 188 Å². The summed E-state index contributed by atoms with van der Waals surface area (Å²) in [6.45, 7) is 6.87. The highest BCUT2D eigenvalue weighted by atomic mass is 16.5. The largest absolute Gasteiger partial charge is 0.376 e. The molecule has 1 N–H and O–H groups in total. The molecule has 3 heterocycles. The molecule has 1 aliphatic heterocycles. The van der Waals surface area contributed by atoms with Crippen LogP contribution >= 0.6 is 0 Å². The molecule has 32 heavy (non-hydrogen) atoms. The number of fused-ring (bicyclic) bond motifs is 1. The summed E-state index contributed by atoms with van der Waals surface area (Å²) in [6.07, 6.45) is 7.10. The van der Waals surface area contributed by atoms with Crippen molar-refractivity contribution in [3.63, 3.8) is 0 Å². The Kier molecular flexibility index (Phi) is 6.06. The third-order valence-corrected chi connectivity index (χ3v) is 7.19. The predicted molar refractivity (Wildman–Crippen MR) is 122 cm³/mol. The van der Waals surface area contributed by atoms with E-state index in [0.717, 1.165) is 60.1 Å². The molecule has 2 aromatic heterocycles. The predicted octanol–water partition coefficient (Wildman–Crippen LogP) is 3.26. The number of H-pyrrole nitrogens is 1. The van der Waals surface area contributed by atoms with Crippen molar-refractivity contribution >= 4 is 10.9 Å². The van der Waals surface area contributed by atoms with E-state index in [-0.39, 0.29) is 11.7 Å². The molecule has 2 aliphatic rings. The summed E-state index contributed by atoms with van der Waals surface area (Å²) in [5, 5.41) is 13.6. The number of nitrogens with zero attached hydrogens (tertiary/aromatic N) is 5. The highest BCUT2D eigenvalue weighted by Gasteiger charge is 2.26. The Bertz CT molecular complexity index is 1140. The first-order chi connectivity index (χ1) is 15.6. The Morgan fingerprint density at radius 1 is 1.16 bits per heavy atom. The highest BCUT2D eigenvalue weighted by Crippen LogP contribution is 2.27.